The van der Waals surface area contributed by atoms with E-state index in [2.05, 4.69) is 10.2 Å². The molecular formula is C22H23N3O4. The van der Waals surface area contributed by atoms with Crippen LogP contribution in [0.4, 0.5) is 11.5 Å². The van der Waals surface area contributed by atoms with E-state index in [0.29, 0.717) is 30.4 Å². The zero-order valence-electron chi connectivity index (χ0n) is 16.3. The molecule has 0 unspecified atom stereocenters. The predicted octanol–water partition coefficient (Wildman–Crippen LogP) is 3.10. The quantitative estimate of drug-likeness (QED) is 0.694. The molecule has 1 fully saturated rings. The lowest BCUT2D eigenvalue weighted by molar-refractivity contribution is -0.118. The largest absolute Gasteiger partial charge is 0.497 e. The van der Waals surface area contributed by atoms with Gasteiger partial charge < -0.3 is 24.4 Å². The van der Waals surface area contributed by atoms with E-state index < -0.39 is 0 Å². The van der Waals surface area contributed by atoms with Crippen molar-refractivity contribution in [1.82, 2.24) is 4.98 Å². The van der Waals surface area contributed by atoms with Gasteiger partial charge in [0.25, 0.3) is 5.91 Å². The number of ether oxygens (including phenoxy) is 3. The second-order valence-electron chi connectivity index (χ2n) is 6.67. The molecule has 29 heavy (non-hydrogen) atoms. The summed E-state index contributed by atoms with van der Waals surface area (Å²) in [6, 6.07) is 16.9. The molecule has 1 amide bonds. The van der Waals surface area contributed by atoms with Crippen molar-refractivity contribution in [3.8, 4) is 11.5 Å². The van der Waals surface area contributed by atoms with Gasteiger partial charge in [-0.15, -0.1) is 0 Å². The Morgan fingerprint density at radius 2 is 1.97 bits per heavy atom. The number of amides is 1. The van der Waals surface area contributed by atoms with Crippen molar-refractivity contribution in [3.63, 3.8) is 0 Å². The number of morpholine rings is 1. The van der Waals surface area contributed by atoms with Crippen LogP contribution in [0.25, 0.3) is 10.9 Å². The zero-order chi connectivity index (χ0) is 20.1. The fourth-order valence-corrected chi connectivity index (χ4v) is 3.24. The number of hydrogen-bond acceptors (Lipinski definition) is 6. The number of nitrogens with zero attached hydrogens (tertiary/aromatic N) is 2. The van der Waals surface area contributed by atoms with Crippen molar-refractivity contribution in [2.45, 2.75) is 0 Å². The highest BCUT2D eigenvalue weighted by atomic mass is 16.5. The highest BCUT2D eigenvalue weighted by Gasteiger charge is 2.14. The highest BCUT2D eigenvalue weighted by molar-refractivity contribution is 5.92. The summed E-state index contributed by atoms with van der Waals surface area (Å²) in [5, 5.41) is 3.78. The van der Waals surface area contributed by atoms with Crippen LogP contribution in [0.2, 0.25) is 0 Å². The van der Waals surface area contributed by atoms with Crippen LogP contribution in [0.5, 0.6) is 11.5 Å². The maximum absolute atomic E-state index is 12.3. The average molecular weight is 393 g/mol. The molecule has 150 valence electrons. The number of pyridine rings is 1. The Balaban J connectivity index is 1.47. The molecule has 0 saturated carbocycles. The van der Waals surface area contributed by atoms with E-state index in [1.807, 2.05) is 42.5 Å². The Morgan fingerprint density at radius 3 is 2.79 bits per heavy atom. The van der Waals surface area contributed by atoms with Crippen molar-refractivity contribution >= 4 is 28.3 Å². The number of para-hydroxylation sites is 1. The van der Waals surface area contributed by atoms with E-state index in [1.54, 1.807) is 19.2 Å². The lowest BCUT2D eigenvalue weighted by atomic mass is 10.2. The van der Waals surface area contributed by atoms with Crippen LogP contribution in [0.3, 0.4) is 0 Å². The predicted molar refractivity (Wildman–Crippen MR) is 112 cm³/mol. The summed E-state index contributed by atoms with van der Waals surface area (Å²) in [5.41, 5.74) is 1.40. The lowest BCUT2D eigenvalue weighted by Crippen LogP contribution is -2.36. The summed E-state index contributed by atoms with van der Waals surface area (Å²) in [6.45, 7) is 2.90. The monoisotopic (exact) mass is 393 g/mol. The van der Waals surface area contributed by atoms with Crippen molar-refractivity contribution < 1.29 is 19.0 Å². The van der Waals surface area contributed by atoms with Crippen LogP contribution in [0.1, 0.15) is 0 Å². The fourth-order valence-electron chi connectivity index (χ4n) is 3.24. The molecule has 1 aromatic heterocycles. The summed E-state index contributed by atoms with van der Waals surface area (Å²) >= 11 is 0. The smallest absolute Gasteiger partial charge is 0.262 e. The molecule has 0 spiro atoms. The Hall–Kier alpha value is -3.32. The molecular weight excluding hydrogens is 370 g/mol. The van der Waals surface area contributed by atoms with E-state index in [-0.39, 0.29) is 12.5 Å². The SMILES string of the molecule is COc1cccc(NC(=O)COc2cccc3ccc(N4CCOCC4)nc23)c1. The van der Waals surface area contributed by atoms with Gasteiger partial charge in [-0.25, -0.2) is 4.98 Å². The van der Waals surface area contributed by atoms with Crippen molar-refractivity contribution in [1.29, 1.82) is 0 Å². The summed E-state index contributed by atoms with van der Waals surface area (Å²) in [6.07, 6.45) is 0. The van der Waals surface area contributed by atoms with Crippen molar-refractivity contribution in [2.75, 3.05) is 50.2 Å². The summed E-state index contributed by atoms with van der Waals surface area (Å²) in [4.78, 5) is 19.3. The van der Waals surface area contributed by atoms with E-state index in [4.69, 9.17) is 19.2 Å². The molecule has 4 rings (SSSR count). The van der Waals surface area contributed by atoms with Crippen LogP contribution >= 0.6 is 0 Å². The van der Waals surface area contributed by atoms with Crippen LogP contribution in [0, 0.1) is 0 Å². The minimum Gasteiger partial charge on any atom is -0.497 e. The molecule has 2 heterocycles. The number of carbonyl (C=O) groups excluding carboxylic acids is 1. The minimum atomic E-state index is -0.250. The van der Waals surface area contributed by atoms with Gasteiger partial charge in [0.1, 0.15) is 22.8 Å². The zero-order valence-corrected chi connectivity index (χ0v) is 16.3. The lowest BCUT2D eigenvalue weighted by Gasteiger charge is -2.28. The first-order chi connectivity index (χ1) is 14.2. The Kier molecular flexibility index (Phi) is 5.76. The molecule has 0 aliphatic carbocycles. The molecule has 1 saturated heterocycles. The van der Waals surface area contributed by atoms with Crippen molar-refractivity contribution in [2.24, 2.45) is 0 Å². The van der Waals surface area contributed by atoms with Gasteiger partial charge in [-0.2, -0.15) is 0 Å². The number of hydrogen-bond donors (Lipinski definition) is 1. The maximum Gasteiger partial charge on any atom is 0.262 e. The summed E-state index contributed by atoms with van der Waals surface area (Å²) < 4.78 is 16.4. The number of methoxy groups -OCH3 is 1. The van der Waals surface area contributed by atoms with Gasteiger partial charge in [0.05, 0.1) is 20.3 Å². The molecule has 0 bridgehead atoms. The fraction of sp³-hybridized carbons (Fsp3) is 0.273. The molecule has 1 aliphatic heterocycles. The molecule has 1 N–H and O–H groups in total. The first-order valence-electron chi connectivity index (χ1n) is 9.52. The Morgan fingerprint density at radius 1 is 1.14 bits per heavy atom. The third kappa shape index (κ3) is 4.57. The van der Waals surface area contributed by atoms with E-state index in [1.165, 1.54) is 0 Å². The Labute approximate surface area is 169 Å². The molecule has 0 atom stereocenters. The van der Waals surface area contributed by atoms with Crippen LogP contribution in [-0.4, -0.2) is 50.9 Å². The number of nitrogens with one attached hydrogen (secondary N) is 1. The van der Waals surface area contributed by atoms with Crippen LogP contribution in [-0.2, 0) is 9.53 Å². The van der Waals surface area contributed by atoms with Gasteiger partial charge >= 0.3 is 0 Å². The van der Waals surface area contributed by atoms with Crippen LogP contribution in [0.15, 0.2) is 54.6 Å². The number of fused-ring (bicyclic) bond motifs is 1. The maximum atomic E-state index is 12.3. The van der Waals surface area contributed by atoms with Gasteiger partial charge in [0.2, 0.25) is 0 Å². The third-order valence-electron chi connectivity index (χ3n) is 4.72. The molecule has 2 aromatic carbocycles. The minimum absolute atomic E-state index is 0.111. The average Bonchev–Trinajstić information content (AvgIpc) is 2.78. The number of aromatic nitrogens is 1. The van der Waals surface area contributed by atoms with E-state index in [0.717, 1.165) is 29.8 Å². The second kappa shape index (κ2) is 8.79. The third-order valence-corrected chi connectivity index (χ3v) is 4.72. The number of rotatable bonds is 6. The van der Waals surface area contributed by atoms with Gasteiger partial charge in [-0.1, -0.05) is 18.2 Å². The normalized spacial score (nSPS) is 13.9. The van der Waals surface area contributed by atoms with E-state index in [9.17, 15) is 4.79 Å². The molecule has 7 heteroatoms. The summed E-state index contributed by atoms with van der Waals surface area (Å²) in [5.74, 6) is 1.90. The van der Waals surface area contributed by atoms with Gasteiger partial charge in [-0.3, -0.25) is 4.79 Å². The van der Waals surface area contributed by atoms with Gasteiger partial charge in [0.15, 0.2) is 6.61 Å². The first-order valence-corrected chi connectivity index (χ1v) is 9.52. The van der Waals surface area contributed by atoms with Crippen LogP contribution < -0.4 is 19.7 Å². The van der Waals surface area contributed by atoms with Crippen molar-refractivity contribution in [3.05, 3.63) is 54.6 Å². The van der Waals surface area contributed by atoms with E-state index >= 15 is 0 Å². The first kappa shape index (κ1) is 19.0. The highest BCUT2D eigenvalue weighted by Crippen LogP contribution is 2.27. The number of carbonyl (C=O) groups is 1. The van der Waals surface area contributed by atoms with Gasteiger partial charge in [0, 0.05) is 30.2 Å². The Bertz CT molecular complexity index is 1000. The standard InChI is InChI=1S/C22H23N3O4/c1-27-18-6-3-5-17(14-18)23-21(26)15-29-19-7-2-4-16-8-9-20(24-22(16)19)25-10-12-28-13-11-25/h2-9,14H,10-13,15H2,1H3,(H,23,26). The number of benzene rings is 2. The molecule has 7 nitrogen and oxygen atoms in total. The molecule has 1 aliphatic rings. The topological polar surface area (TPSA) is 72.9 Å². The molecule has 0 radical (unpaired) electrons. The summed E-state index contributed by atoms with van der Waals surface area (Å²) in [7, 11) is 1.59. The van der Waals surface area contributed by atoms with Gasteiger partial charge in [-0.05, 0) is 30.3 Å². The molecule has 3 aromatic rings. The number of anilines is 2. The second-order valence-corrected chi connectivity index (χ2v) is 6.67.